The second kappa shape index (κ2) is 4.11. The Morgan fingerprint density at radius 1 is 1.69 bits per heavy atom. The van der Waals surface area contributed by atoms with E-state index in [1.54, 1.807) is 18.3 Å². The molecule has 0 saturated carbocycles. The van der Waals surface area contributed by atoms with Crippen molar-refractivity contribution >= 4 is 22.1 Å². The summed E-state index contributed by atoms with van der Waals surface area (Å²) in [5.41, 5.74) is 6.13. The summed E-state index contributed by atoms with van der Waals surface area (Å²) in [5.74, 6) is 0.325. The first-order valence-corrected chi connectivity index (χ1v) is 4.58. The molecule has 0 aliphatic heterocycles. The van der Waals surface area contributed by atoms with Crippen LogP contribution < -0.4 is 5.73 Å². The van der Waals surface area contributed by atoms with Gasteiger partial charge in [0.1, 0.15) is 0 Å². The van der Waals surface area contributed by atoms with Gasteiger partial charge >= 0.3 is 0 Å². The number of pyridine rings is 1. The predicted octanol–water partition coefficient (Wildman–Crippen LogP) is 0.558. The van der Waals surface area contributed by atoms with Gasteiger partial charge in [0.2, 0.25) is 16.2 Å². The number of hydrogen-bond acceptors (Lipinski definition) is 3. The van der Waals surface area contributed by atoms with Gasteiger partial charge in [0.25, 0.3) is 0 Å². The van der Waals surface area contributed by atoms with Crippen LogP contribution in [0.4, 0.5) is 5.82 Å². The van der Waals surface area contributed by atoms with Crippen molar-refractivity contribution in [1.29, 1.82) is 0 Å². The van der Waals surface area contributed by atoms with E-state index < -0.39 is 11.1 Å². The maximum atomic E-state index is 10.4. The Labute approximate surface area is 78.0 Å². The van der Waals surface area contributed by atoms with E-state index in [2.05, 4.69) is 9.98 Å². The van der Waals surface area contributed by atoms with Crippen LogP contribution in [-0.4, -0.2) is 18.9 Å². The van der Waals surface area contributed by atoms with Gasteiger partial charge < -0.3 is 5.73 Å². The van der Waals surface area contributed by atoms with Crippen LogP contribution in [0, 0.1) is 6.92 Å². The van der Waals surface area contributed by atoms with Crippen molar-refractivity contribution in [2.75, 3.05) is 0 Å². The first-order chi connectivity index (χ1) is 6.09. The zero-order valence-corrected chi connectivity index (χ0v) is 7.78. The van der Waals surface area contributed by atoms with E-state index in [0.29, 0.717) is 5.82 Å². The van der Waals surface area contributed by atoms with Gasteiger partial charge in [-0.15, -0.1) is 0 Å². The molecule has 0 spiro atoms. The molecular formula is C7H9N3O2S. The van der Waals surface area contributed by atoms with Gasteiger partial charge in [0.15, 0.2) is 5.82 Å². The maximum absolute atomic E-state index is 10.4. The van der Waals surface area contributed by atoms with Crippen molar-refractivity contribution in [3.63, 3.8) is 0 Å². The SMILES string of the molecule is Cc1ccc(N=C(N)S(=O)O)nc1. The molecule has 6 heteroatoms. The fourth-order valence-corrected chi connectivity index (χ4v) is 0.850. The number of nitrogens with zero attached hydrogens (tertiary/aromatic N) is 2. The Hall–Kier alpha value is -1.27. The Bertz CT molecular complexity index is 347. The van der Waals surface area contributed by atoms with Crippen molar-refractivity contribution in [3.05, 3.63) is 23.9 Å². The standard InChI is InChI=1S/C7H9N3O2S/c1-5-2-3-6(9-4-5)10-7(8)13(11)12/h2-4H,1H3,(H,11,12)(H2,8,9,10). The lowest BCUT2D eigenvalue weighted by Gasteiger charge is -1.95. The van der Waals surface area contributed by atoms with E-state index >= 15 is 0 Å². The Kier molecular flexibility index (Phi) is 3.10. The lowest BCUT2D eigenvalue weighted by Crippen LogP contribution is -2.16. The fourth-order valence-electron chi connectivity index (χ4n) is 0.678. The minimum Gasteiger partial charge on any atom is -0.374 e. The summed E-state index contributed by atoms with van der Waals surface area (Å²) in [7, 11) is 0. The van der Waals surface area contributed by atoms with Crippen LogP contribution >= 0.6 is 0 Å². The number of amidine groups is 1. The zero-order valence-electron chi connectivity index (χ0n) is 6.97. The fraction of sp³-hybridized carbons (Fsp3) is 0.143. The summed E-state index contributed by atoms with van der Waals surface area (Å²) in [6, 6.07) is 3.41. The molecule has 1 aromatic heterocycles. The number of nitrogens with two attached hydrogens (primary N) is 1. The second-order valence-corrected chi connectivity index (χ2v) is 3.31. The highest BCUT2D eigenvalue weighted by molar-refractivity contribution is 7.95. The third-order valence-electron chi connectivity index (χ3n) is 1.30. The van der Waals surface area contributed by atoms with Gasteiger partial charge in [-0.3, -0.25) is 4.55 Å². The van der Waals surface area contributed by atoms with Crippen LogP contribution in [-0.2, 0) is 11.1 Å². The quantitative estimate of drug-likeness (QED) is 0.393. The Morgan fingerprint density at radius 2 is 2.38 bits per heavy atom. The lowest BCUT2D eigenvalue weighted by atomic mass is 10.3. The van der Waals surface area contributed by atoms with E-state index in [-0.39, 0.29) is 5.17 Å². The molecule has 3 N–H and O–H groups in total. The lowest BCUT2D eigenvalue weighted by molar-refractivity contribution is 0.576. The van der Waals surface area contributed by atoms with Crippen LogP contribution in [0.25, 0.3) is 0 Å². The minimum absolute atomic E-state index is 0.325. The summed E-state index contributed by atoms with van der Waals surface area (Å²) in [6.07, 6.45) is 1.60. The first kappa shape index (κ1) is 9.82. The summed E-state index contributed by atoms with van der Waals surface area (Å²) < 4.78 is 18.9. The predicted molar refractivity (Wildman–Crippen MR) is 51.0 cm³/mol. The second-order valence-electron chi connectivity index (χ2n) is 2.39. The molecule has 0 bridgehead atoms. The number of aliphatic imine (C=N–C) groups is 1. The first-order valence-electron chi connectivity index (χ1n) is 3.47. The van der Waals surface area contributed by atoms with Crippen LogP contribution in [0.5, 0.6) is 0 Å². The number of aromatic nitrogens is 1. The van der Waals surface area contributed by atoms with Gasteiger partial charge in [0, 0.05) is 6.20 Å². The van der Waals surface area contributed by atoms with Gasteiger partial charge in [-0.2, -0.15) is 0 Å². The molecule has 1 unspecified atom stereocenters. The molecule has 0 amide bonds. The highest BCUT2D eigenvalue weighted by atomic mass is 32.2. The van der Waals surface area contributed by atoms with Crippen LogP contribution in [0.2, 0.25) is 0 Å². The van der Waals surface area contributed by atoms with E-state index in [4.69, 9.17) is 10.3 Å². The normalized spacial score (nSPS) is 14.2. The average molecular weight is 199 g/mol. The van der Waals surface area contributed by atoms with E-state index in [0.717, 1.165) is 5.56 Å². The number of aryl methyl sites for hydroxylation is 1. The van der Waals surface area contributed by atoms with E-state index in [1.807, 2.05) is 6.92 Å². The Balaban J connectivity index is 2.92. The maximum Gasteiger partial charge on any atom is 0.223 e. The summed E-state index contributed by atoms with van der Waals surface area (Å²) in [6.45, 7) is 1.88. The van der Waals surface area contributed by atoms with Crippen molar-refractivity contribution in [2.45, 2.75) is 6.92 Å². The highest BCUT2D eigenvalue weighted by Gasteiger charge is 1.99. The number of hydrogen-bond donors (Lipinski definition) is 2. The molecule has 0 aliphatic carbocycles. The molecule has 70 valence electrons. The van der Waals surface area contributed by atoms with E-state index in [1.165, 1.54) is 0 Å². The molecule has 0 aromatic carbocycles. The third-order valence-corrected chi connectivity index (χ3v) is 1.75. The average Bonchev–Trinajstić information content (AvgIpc) is 2.08. The molecular weight excluding hydrogens is 190 g/mol. The number of rotatable bonds is 1. The van der Waals surface area contributed by atoms with Crippen LogP contribution in [0.1, 0.15) is 5.56 Å². The Morgan fingerprint density at radius 3 is 2.85 bits per heavy atom. The highest BCUT2D eigenvalue weighted by Crippen LogP contribution is 2.07. The molecule has 0 saturated heterocycles. The topological polar surface area (TPSA) is 88.6 Å². The smallest absolute Gasteiger partial charge is 0.223 e. The van der Waals surface area contributed by atoms with Crippen molar-refractivity contribution in [1.82, 2.24) is 4.98 Å². The summed E-state index contributed by atoms with van der Waals surface area (Å²) >= 11 is -2.23. The largest absolute Gasteiger partial charge is 0.374 e. The third kappa shape index (κ3) is 2.92. The molecule has 1 aromatic rings. The van der Waals surface area contributed by atoms with Gasteiger partial charge in [-0.25, -0.2) is 14.2 Å². The molecule has 0 radical (unpaired) electrons. The zero-order chi connectivity index (χ0) is 9.84. The van der Waals surface area contributed by atoms with Crippen molar-refractivity contribution in [3.8, 4) is 0 Å². The van der Waals surface area contributed by atoms with Gasteiger partial charge in [-0.05, 0) is 18.6 Å². The molecule has 0 fully saturated rings. The monoisotopic (exact) mass is 199 g/mol. The van der Waals surface area contributed by atoms with Crippen molar-refractivity contribution in [2.24, 2.45) is 10.7 Å². The molecule has 1 rings (SSSR count). The summed E-state index contributed by atoms with van der Waals surface area (Å²) in [4.78, 5) is 7.52. The summed E-state index contributed by atoms with van der Waals surface area (Å²) in [5, 5.41) is -0.351. The molecule has 5 nitrogen and oxygen atoms in total. The molecule has 0 aliphatic rings. The molecule has 1 heterocycles. The van der Waals surface area contributed by atoms with Gasteiger partial charge in [-0.1, -0.05) is 6.07 Å². The molecule has 1 atom stereocenters. The van der Waals surface area contributed by atoms with Crippen molar-refractivity contribution < 1.29 is 8.76 Å². The van der Waals surface area contributed by atoms with Crippen LogP contribution in [0.3, 0.4) is 0 Å². The van der Waals surface area contributed by atoms with Crippen LogP contribution in [0.15, 0.2) is 23.3 Å². The van der Waals surface area contributed by atoms with E-state index in [9.17, 15) is 4.21 Å². The minimum atomic E-state index is -2.23. The van der Waals surface area contributed by atoms with Gasteiger partial charge in [0.05, 0.1) is 0 Å². The molecule has 13 heavy (non-hydrogen) atoms.